The van der Waals surface area contributed by atoms with E-state index in [-0.39, 0.29) is 5.56 Å². The van der Waals surface area contributed by atoms with Gasteiger partial charge in [-0.25, -0.2) is 14.5 Å². The predicted octanol–water partition coefficient (Wildman–Crippen LogP) is 4.30. The quantitative estimate of drug-likeness (QED) is 0.517. The van der Waals surface area contributed by atoms with Crippen LogP contribution in [0.4, 0.5) is 5.82 Å². The Labute approximate surface area is 179 Å². The Hall–Kier alpha value is -3.94. The number of fused-ring (bicyclic) bond motifs is 1. The third-order valence-electron chi connectivity index (χ3n) is 5.04. The molecule has 8 nitrogen and oxygen atoms in total. The van der Waals surface area contributed by atoms with E-state index in [1.54, 1.807) is 0 Å². The number of hydrogen-bond acceptors (Lipinski definition) is 6. The number of carboxylic acid groups (broad SMARTS) is 1. The molecule has 0 saturated carbocycles. The third kappa shape index (κ3) is 3.79. The Balaban J connectivity index is 1.85. The number of ether oxygens (including phenoxy) is 1. The van der Waals surface area contributed by atoms with Crippen LogP contribution >= 0.6 is 0 Å². The van der Waals surface area contributed by atoms with Crippen LogP contribution in [-0.4, -0.2) is 44.9 Å². The van der Waals surface area contributed by atoms with Gasteiger partial charge in [-0.15, -0.1) is 0 Å². The van der Waals surface area contributed by atoms with Gasteiger partial charge >= 0.3 is 5.97 Å². The molecule has 2 aromatic heterocycles. The zero-order valence-corrected chi connectivity index (χ0v) is 18.0. The van der Waals surface area contributed by atoms with E-state index < -0.39 is 5.97 Å². The molecular formula is C23H23N5O3. The summed E-state index contributed by atoms with van der Waals surface area (Å²) in [7, 11) is 3.78. The lowest BCUT2D eigenvalue weighted by molar-refractivity contribution is 0.0697. The maximum absolute atomic E-state index is 11.2. The summed E-state index contributed by atoms with van der Waals surface area (Å²) in [6.07, 6.45) is 2.67. The molecule has 0 unspecified atom stereocenters. The number of para-hydroxylation sites is 1. The fourth-order valence-corrected chi connectivity index (χ4v) is 3.40. The molecular weight excluding hydrogens is 394 g/mol. The van der Waals surface area contributed by atoms with Crippen LogP contribution in [0, 0.1) is 20.8 Å². The van der Waals surface area contributed by atoms with Crippen LogP contribution in [0.1, 0.15) is 27.0 Å². The van der Waals surface area contributed by atoms with Gasteiger partial charge in [0.15, 0.2) is 0 Å². The number of carboxylic acids is 1. The lowest BCUT2D eigenvalue weighted by atomic mass is 10.1. The Bertz CT molecular complexity index is 1290. The van der Waals surface area contributed by atoms with Gasteiger partial charge in [0, 0.05) is 25.7 Å². The molecule has 0 aliphatic carbocycles. The third-order valence-corrected chi connectivity index (χ3v) is 5.04. The van der Waals surface area contributed by atoms with Crippen molar-refractivity contribution in [3.05, 3.63) is 65.0 Å². The minimum absolute atomic E-state index is 0.0728. The lowest BCUT2D eigenvalue weighted by Gasteiger charge is -2.18. The summed E-state index contributed by atoms with van der Waals surface area (Å²) in [5.74, 6) is 1.50. The van der Waals surface area contributed by atoms with Crippen molar-refractivity contribution in [1.29, 1.82) is 0 Å². The van der Waals surface area contributed by atoms with E-state index in [1.165, 1.54) is 17.1 Å². The van der Waals surface area contributed by atoms with Gasteiger partial charge in [0.2, 0.25) is 0 Å². The van der Waals surface area contributed by atoms with Crippen molar-refractivity contribution in [2.45, 2.75) is 20.8 Å². The smallest absolute Gasteiger partial charge is 0.338 e. The van der Waals surface area contributed by atoms with Crippen LogP contribution in [0.25, 0.3) is 16.9 Å². The van der Waals surface area contributed by atoms with Crippen LogP contribution in [-0.2, 0) is 0 Å². The summed E-state index contributed by atoms with van der Waals surface area (Å²) >= 11 is 0. The van der Waals surface area contributed by atoms with E-state index in [4.69, 9.17) is 4.74 Å². The van der Waals surface area contributed by atoms with Crippen molar-refractivity contribution in [2.75, 3.05) is 19.0 Å². The molecule has 2 heterocycles. The normalized spacial score (nSPS) is 11.0. The molecule has 0 radical (unpaired) electrons. The number of aromatic carboxylic acids is 1. The first-order chi connectivity index (χ1) is 14.7. The van der Waals surface area contributed by atoms with Crippen molar-refractivity contribution in [3.63, 3.8) is 0 Å². The second-order valence-electron chi connectivity index (χ2n) is 7.68. The van der Waals surface area contributed by atoms with Gasteiger partial charge in [0.05, 0.1) is 17.3 Å². The number of carbonyl (C=O) groups is 1. The molecule has 1 N–H and O–H groups in total. The molecule has 4 rings (SSSR count). The number of aryl methyl sites for hydroxylation is 3. The fourth-order valence-electron chi connectivity index (χ4n) is 3.40. The van der Waals surface area contributed by atoms with Gasteiger partial charge in [0.1, 0.15) is 17.3 Å². The maximum Gasteiger partial charge on any atom is 0.338 e. The molecule has 0 fully saturated rings. The second-order valence-corrected chi connectivity index (χ2v) is 7.68. The Morgan fingerprint density at radius 2 is 1.77 bits per heavy atom. The highest BCUT2D eigenvalue weighted by atomic mass is 16.5. The summed E-state index contributed by atoms with van der Waals surface area (Å²) in [5, 5.41) is 14.1. The van der Waals surface area contributed by atoms with Gasteiger partial charge in [-0.1, -0.05) is 18.2 Å². The largest absolute Gasteiger partial charge is 0.478 e. The molecule has 0 saturated heterocycles. The van der Waals surface area contributed by atoms with E-state index in [9.17, 15) is 9.90 Å². The molecule has 0 atom stereocenters. The van der Waals surface area contributed by atoms with Gasteiger partial charge in [-0.05, 0) is 49.6 Å². The van der Waals surface area contributed by atoms with Crippen LogP contribution in [0.15, 0.2) is 42.7 Å². The number of aromatic nitrogens is 4. The van der Waals surface area contributed by atoms with Gasteiger partial charge in [-0.2, -0.15) is 10.1 Å². The van der Waals surface area contributed by atoms with Crippen molar-refractivity contribution < 1.29 is 14.6 Å². The monoisotopic (exact) mass is 417 g/mol. The zero-order valence-electron chi connectivity index (χ0n) is 18.0. The lowest BCUT2D eigenvalue weighted by Crippen LogP contribution is -2.14. The van der Waals surface area contributed by atoms with E-state index in [1.807, 2.05) is 70.1 Å². The SMILES string of the molecule is Cc1cc2nc(-n3cc(C(=O)O)cn3)nc(N(C)C)c2cc1Oc1c(C)cccc1C. The number of nitrogens with zero attached hydrogens (tertiary/aromatic N) is 5. The van der Waals surface area contributed by atoms with Crippen molar-refractivity contribution in [3.8, 4) is 17.4 Å². The van der Waals surface area contributed by atoms with E-state index in [2.05, 4.69) is 15.1 Å². The molecule has 2 aromatic carbocycles. The summed E-state index contributed by atoms with van der Waals surface area (Å²) in [6, 6.07) is 9.94. The van der Waals surface area contributed by atoms with Crippen LogP contribution in [0.3, 0.4) is 0 Å². The summed E-state index contributed by atoms with van der Waals surface area (Å²) in [5.41, 5.74) is 3.84. The molecule has 31 heavy (non-hydrogen) atoms. The zero-order chi connectivity index (χ0) is 22.3. The van der Waals surface area contributed by atoms with Crippen LogP contribution in [0.2, 0.25) is 0 Å². The number of hydrogen-bond donors (Lipinski definition) is 1. The topological polar surface area (TPSA) is 93.4 Å². The first kappa shape index (κ1) is 20.3. The second kappa shape index (κ2) is 7.71. The number of anilines is 1. The standard InChI is InChI=1S/C23H23N5O3/c1-13-7-6-8-14(2)20(13)31-19-10-17-18(9-15(19)3)25-23(26-21(17)27(4)5)28-12-16(11-24-28)22(29)30/h6-12H,1-5H3,(H,29,30). The summed E-state index contributed by atoms with van der Waals surface area (Å²) < 4.78 is 7.67. The molecule has 0 aliphatic heterocycles. The van der Waals surface area contributed by atoms with E-state index in [0.29, 0.717) is 17.3 Å². The minimum Gasteiger partial charge on any atom is -0.478 e. The molecule has 8 heteroatoms. The van der Waals surface area contributed by atoms with Crippen molar-refractivity contribution >= 4 is 22.7 Å². The minimum atomic E-state index is -1.05. The molecule has 0 amide bonds. The molecule has 0 spiro atoms. The van der Waals surface area contributed by atoms with Crippen LogP contribution < -0.4 is 9.64 Å². The maximum atomic E-state index is 11.2. The molecule has 0 bridgehead atoms. The Morgan fingerprint density at radius 1 is 1.06 bits per heavy atom. The summed E-state index contributed by atoms with van der Waals surface area (Å²) in [6.45, 7) is 6.01. The van der Waals surface area contributed by atoms with Crippen molar-refractivity contribution in [2.24, 2.45) is 0 Å². The highest BCUT2D eigenvalue weighted by Gasteiger charge is 2.16. The molecule has 0 aliphatic rings. The van der Waals surface area contributed by atoms with Crippen molar-refractivity contribution in [1.82, 2.24) is 19.7 Å². The Morgan fingerprint density at radius 3 is 2.39 bits per heavy atom. The van der Waals surface area contributed by atoms with E-state index >= 15 is 0 Å². The summed E-state index contributed by atoms with van der Waals surface area (Å²) in [4.78, 5) is 22.3. The van der Waals surface area contributed by atoms with Gasteiger partial charge < -0.3 is 14.7 Å². The highest BCUT2D eigenvalue weighted by molar-refractivity contribution is 5.92. The first-order valence-corrected chi connectivity index (χ1v) is 9.76. The average molecular weight is 417 g/mol. The highest BCUT2D eigenvalue weighted by Crippen LogP contribution is 2.35. The Kier molecular flexibility index (Phi) is 5.06. The van der Waals surface area contributed by atoms with E-state index in [0.717, 1.165) is 33.6 Å². The first-order valence-electron chi connectivity index (χ1n) is 9.76. The predicted molar refractivity (Wildman–Crippen MR) is 119 cm³/mol. The van der Waals surface area contributed by atoms with Gasteiger partial charge in [-0.3, -0.25) is 0 Å². The fraction of sp³-hybridized carbons (Fsp3) is 0.217. The van der Waals surface area contributed by atoms with Crippen LogP contribution in [0.5, 0.6) is 11.5 Å². The average Bonchev–Trinajstić information content (AvgIpc) is 3.21. The van der Waals surface area contributed by atoms with Gasteiger partial charge in [0.25, 0.3) is 5.95 Å². The molecule has 158 valence electrons. The number of rotatable bonds is 5. The number of benzene rings is 2. The molecule has 4 aromatic rings.